The molecule has 2 aromatic heterocycles. The molecule has 8 nitrogen and oxygen atoms in total. The Morgan fingerprint density at radius 1 is 1.15 bits per heavy atom. The summed E-state index contributed by atoms with van der Waals surface area (Å²) in [6.45, 7) is 2.26. The second-order valence-corrected chi connectivity index (χ2v) is 6.24. The normalized spacial score (nSPS) is 18.8. The molecule has 2 fully saturated rings. The van der Waals surface area contributed by atoms with Gasteiger partial charge in [-0.25, -0.2) is 9.97 Å². The van der Waals surface area contributed by atoms with E-state index in [2.05, 4.69) is 25.2 Å². The number of aromatic nitrogens is 3. The molecule has 2 aromatic rings. The van der Waals surface area contributed by atoms with Gasteiger partial charge in [0.1, 0.15) is 11.6 Å². The van der Waals surface area contributed by atoms with Gasteiger partial charge in [-0.05, 0) is 25.0 Å². The van der Waals surface area contributed by atoms with Crippen LogP contribution in [-0.2, 0) is 4.79 Å². The van der Waals surface area contributed by atoms with Crippen molar-refractivity contribution in [2.45, 2.75) is 12.8 Å². The molecule has 0 atom stereocenters. The zero-order chi connectivity index (χ0) is 17.9. The number of carbonyl (C=O) groups excluding carboxylic acids is 1. The molecule has 0 saturated carbocycles. The van der Waals surface area contributed by atoms with E-state index in [-0.39, 0.29) is 18.2 Å². The second-order valence-electron chi connectivity index (χ2n) is 6.24. The lowest BCUT2D eigenvalue weighted by molar-refractivity contribution is -0.114. The number of nitrogens with zero attached hydrogens (tertiary/aromatic N) is 5. The Kier molecular flexibility index (Phi) is 4.30. The van der Waals surface area contributed by atoms with Crippen molar-refractivity contribution in [1.82, 2.24) is 15.0 Å². The third kappa shape index (κ3) is 3.13. The molecule has 0 bridgehead atoms. The van der Waals surface area contributed by atoms with Crippen molar-refractivity contribution in [2.24, 2.45) is 0 Å². The van der Waals surface area contributed by atoms with Crippen LogP contribution in [-0.4, -0.2) is 46.2 Å². The van der Waals surface area contributed by atoms with Gasteiger partial charge in [-0.1, -0.05) is 0 Å². The summed E-state index contributed by atoms with van der Waals surface area (Å²) in [7, 11) is 0. The topological polar surface area (TPSA) is 98.1 Å². The van der Waals surface area contributed by atoms with E-state index in [1.165, 1.54) is 23.9 Å². The zero-order valence-electron chi connectivity index (χ0n) is 14.2. The van der Waals surface area contributed by atoms with Crippen LogP contribution in [0.1, 0.15) is 12.8 Å². The highest BCUT2D eigenvalue weighted by Crippen LogP contribution is 2.22. The van der Waals surface area contributed by atoms with Gasteiger partial charge in [0.2, 0.25) is 0 Å². The molecule has 4 heterocycles. The third-order valence-corrected chi connectivity index (χ3v) is 4.51. The molecule has 0 radical (unpaired) electrons. The summed E-state index contributed by atoms with van der Waals surface area (Å²) >= 11 is 0. The number of pyridine rings is 1. The van der Waals surface area contributed by atoms with Crippen molar-refractivity contribution in [3.05, 3.63) is 48.7 Å². The lowest BCUT2D eigenvalue weighted by Crippen LogP contribution is -2.25. The number of hydrogen-bond donors (Lipinski definition) is 2. The Labute approximate surface area is 151 Å². The fraction of sp³-hybridized carbons (Fsp3) is 0.278. The first-order chi connectivity index (χ1) is 12.7. The van der Waals surface area contributed by atoms with E-state index in [9.17, 15) is 4.79 Å². The van der Waals surface area contributed by atoms with Gasteiger partial charge in [-0.2, -0.15) is 0 Å². The maximum atomic E-state index is 12.6. The number of rotatable bonds is 4. The molecule has 4 rings (SSSR count). The van der Waals surface area contributed by atoms with Gasteiger partial charge < -0.3 is 20.5 Å². The summed E-state index contributed by atoms with van der Waals surface area (Å²) in [5, 5.41) is 11.1. The number of hydrogen-bond acceptors (Lipinski definition) is 7. The molecule has 2 saturated heterocycles. The van der Waals surface area contributed by atoms with E-state index in [1.807, 2.05) is 0 Å². The molecule has 0 aliphatic carbocycles. The van der Waals surface area contributed by atoms with Gasteiger partial charge in [0.25, 0.3) is 5.91 Å². The monoisotopic (exact) mass is 349 g/mol. The summed E-state index contributed by atoms with van der Waals surface area (Å²) in [5.41, 5.74) is 1.26. The highest BCUT2D eigenvalue weighted by atomic mass is 16.2. The quantitative estimate of drug-likeness (QED) is 0.817. The Bertz CT molecular complexity index is 842. The molecule has 132 valence electrons. The Hall–Kier alpha value is -3.29. The second kappa shape index (κ2) is 6.91. The van der Waals surface area contributed by atoms with Crippen LogP contribution in [0.3, 0.4) is 0 Å². The molecule has 2 aliphatic rings. The summed E-state index contributed by atoms with van der Waals surface area (Å²) < 4.78 is 0. The van der Waals surface area contributed by atoms with E-state index in [0.717, 1.165) is 18.9 Å². The molecule has 0 unspecified atom stereocenters. The minimum Gasteiger partial charge on any atom is -0.355 e. The van der Waals surface area contributed by atoms with Gasteiger partial charge in [-0.3, -0.25) is 9.78 Å². The SMILES string of the molecule is N=C1CN(c2cccnc2)C(=O)/C1=C/Nc1cnc(N2CCCC2)cn1. The average Bonchev–Trinajstić information content (AvgIpc) is 3.30. The molecule has 2 N–H and O–H groups in total. The van der Waals surface area contributed by atoms with Gasteiger partial charge in [0, 0.05) is 25.5 Å². The predicted molar refractivity (Wildman–Crippen MR) is 99.5 cm³/mol. The fourth-order valence-corrected chi connectivity index (χ4v) is 3.11. The highest BCUT2D eigenvalue weighted by molar-refractivity contribution is 6.32. The average molecular weight is 349 g/mol. The van der Waals surface area contributed by atoms with Gasteiger partial charge in [-0.15, -0.1) is 0 Å². The number of amides is 1. The van der Waals surface area contributed by atoms with E-state index in [1.54, 1.807) is 36.9 Å². The lowest BCUT2D eigenvalue weighted by atomic mass is 10.2. The Morgan fingerprint density at radius 2 is 2.00 bits per heavy atom. The molecule has 2 aliphatic heterocycles. The minimum absolute atomic E-state index is 0.225. The van der Waals surface area contributed by atoms with Crippen LogP contribution in [0.25, 0.3) is 0 Å². The lowest BCUT2D eigenvalue weighted by Gasteiger charge is -2.15. The van der Waals surface area contributed by atoms with Crippen LogP contribution in [0.4, 0.5) is 17.3 Å². The van der Waals surface area contributed by atoms with Gasteiger partial charge in [0.15, 0.2) is 0 Å². The van der Waals surface area contributed by atoms with Crippen molar-refractivity contribution in [2.75, 3.05) is 34.8 Å². The van der Waals surface area contributed by atoms with E-state index < -0.39 is 0 Å². The van der Waals surface area contributed by atoms with E-state index in [4.69, 9.17) is 5.41 Å². The smallest absolute Gasteiger partial charge is 0.262 e. The highest BCUT2D eigenvalue weighted by Gasteiger charge is 2.32. The van der Waals surface area contributed by atoms with Crippen LogP contribution in [0.5, 0.6) is 0 Å². The first kappa shape index (κ1) is 16.2. The minimum atomic E-state index is -0.225. The molecule has 26 heavy (non-hydrogen) atoms. The Balaban J connectivity index is 1.46. The fourth-order valence-electron chi connectivity index (χ4n) is 3.11. The molecule has 8 heteroatoms. The summed E-state index contributed by atoms with van der Waals surface area (Å²) in [4.78, 5) is 29.1. The first-order valence-corrected chi connectivity index (χ1v) is 8.56. The first-order valence-electron chi connectivity index (χ1n) is 8.56. The van der Waals surface area contributed by atoms with Crippen LogP contribution in [0.2, 0.25) is 0 Å². The number of carbonyl (C=O) groups is 1. The van der Waals surface area contributed by atoms with Crippen LogP contribution < -0.4 is 15.1 Å². The number of anilines is 3. The maximum absolute atomic E-state index is 12.6. The summed E-state index contributed by atoms with van der Waals surface area (Å²) in [6.07, 6.45) is 10.5. The number of nitrogens with one attached hydrogen (secondary N) is 2. The van der Waals surface area contributed by atoms with Crippen molar-refractivity contribution < 1.29 is 4.79 Å². The van der Waals surface area contributed by atoms with Gasteiger partial charge in [0.05, 0.1) is 42.1 Å². The molecule has 0 aromatic carbocycles. The van der Waals surface area contributed by atoms with Crippen molar-refractivity contribution in [3.63, 3.8) is 0 Å². The van der Waals surface area contributed by atoms with Crippen molar-refractivity contribution in [3.8, 4) is 0 Å². The molecule has 1 amide bonds. The van der Waals surface area contributed by atoms with Crippen LogP contribution >= 0.6 is 0 Å². The third-order valence-electron chi connectivity index (χ3n) is 4.51. The zero-order valence-corrected chi connectivity index (χ0v) is 14.2. The predicted octanol–water partition coefficient (Wildman–Crippen LogP) is 1.83. The van der Waals surface area contributed by atoms with E-state index >= 15 is 0 Å². The summed E-state index contributed by atoms with van der Waals surface area (Å²) in [6, 6.07) is 3.57. The van der Waals surface area contributed by atoms with Crippen LogP contribution in [0, 0.1) is 5.41 Å². The summed E-state index contributed by atoms with van der Waals surface area (Å²) in [5.74, 6) is 1.19. The molecule has 0 spiro atoms. The maximum Gasteiger partial charge on any atom is 0.262 e. The Morgan fingerprint density at radius 3 is 2.69 bits per heavy atom. The van der Waals surface area contributed by atoms with Crippen molar-refractivity contribution >= 4 is 28.9 Å². The molecular formula is C18H19N7O. The van der Waals surface area contributed by atoms with Crippen LogP contribution in [0.15, 0.2) is 48.7 Å². The van der Waals surface area contributed by atoms with Gasteiger partial charge >= 0.3 is 0 Å². The van der Waals surface area contributed by atoms with E-state index in [0.29, 0.717) is 17.1 Å². The largest absolute Gasteiger partial charge is 0.355 e. The standard InChI is InChI=1S/C18H19N7O/c19-15-12-25(13-4-3-5-20-8-13)18(26)14(15)9-21-16-10-23-17(11-22-16)24-6-1-2-7-24/h3-5,8-11,19H,1-2,6-7,12H2,(H,21,22)/b14-9+,19-15?. The van der Waals surface area contributed by atoms with Crippen molar-refractivity contribution in [1.29, 1.82) is 5.41 Å². The molecular weight excluding hydrogens is 330 g/mol.